The summed E-state index contributed by atoms with van der Waals surface area (Å²) < 4.78 is 0. The Bertz CT molecular complexity index is 389. The lowest BCUT2D eigenvalue weighted by Gasteiger charge is -2.11. The summed E-state index contributed by atoms with van der Waals surface area (Å²) in [7, 11) is 0. The third-order valence-corrected chi connectivity index (χ3v) is 1.98. The number of hydrogen-bond donors (Lipinski definition) is 3. The summed E-state index contributed by atoms with van der Waals surface area (Å²) in [6.45, 7) is 0. The highest BCUT2D eigenvalue weighted by atomic mass is 16.4. The van der Waals surface area contributed by atoms with Crippen molar-refractivity contribution in [2.45, 2.75) is 12.5 Å². The van der Waals surface area contributed by atoms with Gasteiger partial charge in [0.1, 0.15) is 12.0 Å². The SMILES string of the molecule is NC(CC(=O)O)c1cc(C=O)ccc1O. The van der Waals surface area contributed by atoms with E-state index in [0.717, 1.165) is 0 Å². The normalized spacial score (nSPS) is 12.1. The maximum absolute atomic E-state index is 10.5. The highest BCUT2D eigenvalue weighted by Gasteiger charge is 2.14. The standard InChI is InChI=1S/C10H11NO4/c11-8(4-10(14)15)7-3-6(5-12)1-2-9(7)13/h1-3,5,8,13H,4,11H2,(H,14,15). The lowest BCUT2D eigenvalue weighted by Crippen LogP contribution is -2.15. The van der Waals surface area contributed by atoms with Gasteiger partial charge in [-0.15, -0.1) is 0 Å². The Balaban J connectivity index is 3.00. The van der Waals surface area contributed by atoms with E-state index in [4.69, 9.17) is 10.8 Å². The maximum Gasteiger partial charge on any atom is 0.305 e. The molecule has 5 heteroatoms. The predicted octanol–water partition coefficient (Wildman–Crippen LogP) is 0.679. The molecule has 1 aromatic rings. The number of rotatable bonds is 4. The van der Waals surface area contributed by atoms with Gasteiger partial charge in [-0.05, 0) is 18.2 Å². The van der Waals surface area contributed by atoms with E-state index in [-0.39, 0.29) is 17.7 Å². The van der Waals surface area contributed by atoms with Crippen LogP contribution in [0.25, 0.3) is 0 Å². The molecule has 0 heterocycles. The molecule has 1 aromatic carbocycles. The van der Waals surface area contributed by atoms with Crippen molar-refractivity contribution < 1.29 is 19.8 Å². The molecule has 0 aromatic heterocycles. The molecule has 1 unspecified atom stereocenters. The van der Waals surface area contributed by atoms with Gasteiger partial charge in [0.2, 0.25) is 0 Å². The fraction of sp³-hybridized carbons (Fsp3) is 0.200. The Morgan fingerprint density at radius 1 is 1.53 bits per heavy atom. The Hall–Kier alpha value is -1.88. The molecule has 0 saturated heterocycles. The van der Waals surface area contributed by atoms with Crippen LogP contribution < -0.4 is 5.73 Å². The van der Waals surface area contributed by atoms with Gasteiger partial charge in [-0.1, -0.05) is 0 Å². The summed E-state index contributed by atoms with van der Waals surface area (Å²) >= 11 is 0. The first-order chi connectivity index (χ1) is 7.04. The highest BCUT2D eigenvalue weighted by molar-refractivity contribution is 5.76. The number of carboxylic acid groups (broad SMARTS) is 1. The van der Waals surface area contributed by atoms with E-state index < -0.39 is 12.0 Å². The Morgan fingerprint density at radius 2 is 2.20 bits per heavy atom. The van der Waals surface area contributed by atoms with Crippen molar-refractivity contribution >= 4 is 12.3 Å². The molecule has 0 fully saturated rings. The molecule has 0 aliphatic rings. The number of aromatic hydroxyl groups is 1. The molecule has 0 aliphatic heterocycles. The minimum Gasteiger partial charge on any atom is -0.508 e. The van der Waals surface area contributed by atoms with Gasteiger partial charge in [0, 0.05) is 17.2 Å². The number of benzene rings is 1. The maximum atomic E-state index is 10.5. The predicted molar refractivity (Wildman–Crippen MR) is 52.7 cm³/mol. The zero-order valence-corrected chi connectivity index (χ0v) is 7.88. The van der Waals surface area contributed by atoms with Gasteiger partial charge >= 0.3 is 5.97 Å². The zero-order valence-electron chi connectivity index (χ0n) is 7.88. The molecule has 0 amide bonds. The number of aldehydes is 1. The molecular formula is C10H11NO4. The van der Waals surface area contributed by atoms with Gasteiger partial charge in [-0.3, -0.25) is 9.59 Å². The Kier molecular flexibility index (Phi) is 3.41. The van der Waals surface area contributed by atoms with Gasteiger partial charge in [0.15, 0.2) is 0 Å². The van der Waals surface area contributed by atoms with Crippen molar-refractivity contribution in [1.29, 1.82) is 0 Å². The second-order valence-corrected chi connectivity index (χ2v) is 3.14. The van der Waals surface area contributed by atoms with Crippen LogP contribution in [0.4, 0.5) is 0 Å². The van der Waals surface area contributed by atoms with Crippen LogP contribution in [-0.4, -0.2) is 22.5 Å². The summed E-state index contributed by atoms with van der Waals surface area (Å²) in [5.74, 6) is -1.16. The number of carbonyl (C=O) groups is 2. The van der Waals surface area contributed by atoms with Gasteiger partial charge in [0.25, 0.3) is 0 Å². The van der Waals surface area contributed by atoms with Crippen molar-refractivity contribution in [3.05, 3.63) is 29.3 Å². The number of hydrogen-bond acceptors (Lipinski definition) is 4. The first-order valence-corrected chi connectivity index (χ1v) is 4.30. The summed E-state index contributed by atoms with van der Waals surface area (Å²) in [5, 5.41) is 18.0. The fourth-order valence-electron chi connectivity index (χ4n) is 1.24. The summed E-state index contributed by atoms with van der Waals surface area (Å²) in [4.78, 5) is 20.9. The van der Waals surface area contributed by atoms with Gasteiger partial charge in [-0.25, -0.2) is 0 Å². The monoisotopic (exact) mass is 209 g/mol. The van der Waals surface area contributed by atoms with Gasteiger partial charge < -0.3 is 15.9 Å². The van der Waals surface area contributed by atoms with E-state index in [1.54, 1.807) is 0 Å². The minimum atomic E-state index is -1.06. The van der Waals surface area contributed by atoms with Crippen LogP contribution in [0, 0.1) is 0 Å². The van der Waals surface area contributed by atoms with E-state index >= 15 is 0 Å². The molecule has 80 valence electrons. The van der Waals surface area contributed by atoms with Crippen LogP contribution in [0.2, 0.25) is 0 Å². The van der Waals surface area contributed by atoms with Gasteiger partial charge in [-0.2, -0.15) is 0 Å². The van der Waals surface area contributed by atoms with Crippen LogP contribution in [-0.2, 0) is 4.79 Å². The second-order valence-electron chi connectivity index (χ2n) is 3.14. The van der Waals surface area contributed by atoms with E-state index in [0.29, 0.717) is 11.8 Å². The molecule has 15 heavy (non-hydrogen) atoms. The third kappa shape index (κ3) is 2.78. The number of aliphatic carboxylic acids is 1. The fourth-order valence-corrected chi connectivity index (χ4v) is 1.24. The molecule has 0 spiro atoms. The molecule has 0 saturated carbocycles. The van der Waals surface area contributed by atoms with Crippen molar-refractivity contribution in [3.63, 3.8) is 0 Å². The van der Waals surface area contributed by atoms with E-state index in [2.05, 4.69) is 0 Å². The lowest BCUT2D eigenvalue weighted by molar-refractivity contribution is -0.137. The van der Waals surface area contributed by atoms with Crippen LogP contribution in [0.1, 0.15) is 28.4 Å². The average molecular weight is 209 g/mol. The van der Waals surface area contributed by atoms with Crippen LogP contribution in [0.5, 0.6) is 5.75 Å². The van der Waals surface area contributed by atoms with Crippen molar-refractivity contribution in [3.8, 4) is 5.75 Å². The molecule has 1 atom stereocenters. The third-order valence-electron chi connectivity index (χ3n) is 1.98. The van der Waals surface area contributed by atoms with E-state index in [1.807, 2.05) is 0 Å². The summed E-state index contributed by atoms with van der Waals surface area (Å²) in [6.07, 6.45) is 0.312. The molecule has 1 rings (SSSR count). The Morgan fingerprint density at radius 3 is 2.73 bits per heavy atom. The largest absolute Gasteiger partial charge is 0.508 e. The lowest BCUT2D eigenvalue weighted by atomic mass is 10.0. The van der Waals surface area contributed by atoms with E-state index in [9.17, 15) is 14.7 Å². The first kappa shape index (κ1) is 11.2. The zero-order chi connectivity index (χ0) is 11.4. The van der Waals surface area contributed by atoms with Crippen molar-refractivity contribution in [1.82, 2.24) is 0 Å². The molecule has 5 nitrogen and oxygen atoms in total. The van der Waals surface area contributed by atoms with Crippen LogP contribution in [0.15, 0.2) is 18.2 Å². The second kappa shape index (κ2) is 4.56. The summed E-state index contributed by atoms with van der Waals surface area (Å²) in [6, 6.07) is 3.32. The average Bonchev–Trinajstić information content (AvgIpc) is 2.17. The smallest absolute Gasteiger partial charge is 0.305 e. The van der Waals surface area contributed by atoms with Gasteiger partial charge in [0.05, 0.1) is 6.42 Å². The minimum absolute atomic E-state index is 0.102. The quantitative estimate of drug-likeness (QED) is 0.633. The number of nitrogens with two attached hydrogens (primary N) is 1. The van der Waals surface area contributed by atoms with Crippen molar-refractivity contribution in [2.75, 3.05) is 0 Å². The molecule has 4 N–H and O–H groups in total. The molecule has 0 aliphatic carbocycles. The topological polar surface area (TPSA) is 101 Å². The van der Waals surface area contributed by atoms with Crippen LogP contribution >= 0.6 is 0 Å². The summed E-state index contributed by atoms with van der Waals surface area (Å²) in [5.41, 5.74) is 6.18. The molecular weight excluding hydrogens is 198 g/mol. The van der Waals surface area contributed by atoms with E-state index in [1.165, 1.54) is 18.2 Å². The number of phenolic OH excluding ortho intramolecular Hbond substituents is 1. The van der Waals surface area contributed by atoms with Crippen molar-refractivity contribution in [2.24, 2.45) is 5.73 Å². The first-order valence-electron chi connectivity index (χ1n) is 4.30. The highest BCUT2D eigenvalue weighted by Crippen LogP contribution is 2.25. The molecule has 0 radical (unpaired) electrons. The van der Waals surface area contributed by atoms with Crippen LogP contribution in [0.3, 0.4) is 0 Å². The Labute approximate surface area is 86.1 Å². The number of phenols is 1. The number of carboxylic acids is 1. The molecule has 0 bridgehead atoms. The number of carbonyl (C=O) groups excluding carboxylic acids is 1.